The minimum atomic E-state index is -0.159. The highest BCUT2D eigenvalue weighted by Crippen LogP contribution is 2.37. The van der Waals surface area contributed by atoms with Crippen LogP contribution in [-0.2, 0) is 9.53 Å². The van der Waals surface area contributed by atoms with E-state index in [1.165, 1.54) is 7.11 Å². The fourth-order valence-electron chi connectivity index (χ4n) is 2.85. The maximum absolute atomic E-state index is 11.8. The number of terminal acetylenes is 1. The van der Waals surface area contributed by atoms with Crippen LogP contribution in [0.4, 0.5) is 4.79 Å². The van der Waals surface area contributed by atoms with Gasteiger partial charge in [-0.25, -0.2) is 4.79 Å². The summed E-state index contributed by atoms with van der Waals surface area (Å²) in [7, 11) is 1.41. The first kappa shape index (κ1) is 15.0. The van der Waals surface area contributed by atoms with E-state index in [-0.39, 0.29) is 24.1 Å². The first-order valence-electron chi connectivity index (χ1n) is 6.86. The molecule has 2 heterocycles. The van der Waals surface area contributed by atoms with Crippen molar-refractivity contribution < 1.29 is 14.3 Å². The van der Waals surface area contributed by atoms with E-state index >= 15 is 0 Å². The summed E-state index contributed by atoms with van der Waals surface area (Å²) in [4.78, 5) is 24.7. The van der Waals surface area contributed by atoms with Gasteiger partial charge in [-0.2, -0.15) is 11.8 Å². The van der Waals surface area contributed by atoms with Gasteiger partial charge in [0.2, 0.25) is 0 Å². The number of thioether (sulfide) groups is 1. The highest BCUT2D eigenvalue weighted by atomic mass is 32.2. The molecular formula is C14H20N2O3S. The number of nitrogens with one attached hydrogen (secondary N) is 1. The average molecular weight is 296 g/mol. The van der Waals surface area contributed by atoms with E-state index < -0.39 is 0 Å². The summed E-state index contributed by atoms with van der Waals surface area (Å²) in [5.41, 5.74) is 0. The Hall–Kier alpha value is -1.35. The van der Waals surface area contributed by atoms with E-state index in [9.17, 15) is 9.59 Å². The molecule has 0 aromatic heterocycles. The number of esters is 1. The van der Waals surface area contributed by atoms with Crippen molar-refractivity contribution in [2.75, 3.05) is 19.4 Å². The summed E-state index contributed by atoms with van der Waals surface area (Å²) in [6.45, 7) is 0.367. The van der Waals surface area contributed by atoms with Gasteiger partial charge in [0, 0.05) is 17.4 Å². The van der Waals surface area contributed by atoms with Crippen molar-refractivity contribution in [1.29, 1.82) is 0 Å². The molecule has 5 nitrogen and oxygen atoms in total. The first-order valence-corrected chi connectivity index (χ1v) is 7.91. The summed E-state index contributed by atoms with van der Waals surface area (Å²) in [6.07, 6.45) is 8.60. The van der Waals surface area contributed by atoms with Gasteiger partial charge < -0.3 is 15.0 Å². The molecule has 110 valence electrons. The molecule has 0 bridgehead atoms. The zero-order valence-corrected chi connectivity index (χ0v) is 12.4. The molecule has 0 aromatic carbocycles. The molecule has 2 aliphatic rings. The van der Waals surface area contributed by atoms with Crippen LogP contribution in [0.2, 0.25) is 0 Å². The molecule has 20 heavy (non-hydrogen) atoms. The molecule has 0 aromatic rings. The van der Waals surface area contributed by atoms with Gasteiger partial charge in [-0.05, 0) is 12.8 Å². The fourth-order valence-corrected chi connectivity index (χ4v) is 4.45. The van der Waals surface area contributed by atoms with Crippen LogP contribution < -0.4 is 5.32 Å². The van der Waals surface area contributed by atoms with Crippen LogP contribution in [0, 0.1) is 12.3 Å². The lowest BCUT2D eigenvalue weighted by Gasteiger charge is -2.25. The van der Waals surface area contributed by atoms with Gasteiger partial charge in [0.1, 0.15) is 0 Å². The quantitative estimate of drug-likeness (QED) is 0.347. The Morgan fingerprint density at radius 2 is 2.40 bits per heavy atom. The maximum atomic E-state index is 11.8. The van der Waals surface area contributed by atoms with Gasteiger partial charge in [0.25, 0.3) is 0 Å². The second-order valence-electron chi connectivity index (χ2n) is 5.07. The van der Waals surface area contributed by atoms with Crippen molar-refractivity contribution >= 4 is 23.8 Å². The van der Waals surface area contributed by atoms with E-state index in [0.29, 0.717) is 18.2 Å². The molecule has 2 aliphatic heterocycles. The van der Waals surface area contributed by atoms with Gasteiger partial charge >= 0.3 is 12.0 Å². The molecule has 0 saturated carbocycles. The molecule has 3 unspecified atom stereocenters. The van der Waals surface area contributed by atoms with Gasteiger partial charge in [-0.1, -0.05) is 12.3 Å². The number of rotatable bonds is 6. The third kappa shape index (κ3) is 3.21. The van der Waals surface area contributed by atoms with Gasteiger partial charge in [-0.3, -0.25) is 4.79 Å². The zero-order valence-electron chi connectivity index (χ0n) is 11.6. The van der Waals surface area contributed by atoms with Crippen molar-refractivity contribution in [1.82, 2.24) is 10.2 Å². The third-order valence-electron chi connectivity index (χ3n) is 3.82. The lowest BCUT2D eigenvalue weighted by Crippen LogP contribution is -2.41. The minimum absolute atomic E-state index is 0.0437. The molecule has 1 N–H and O–H groups in total. The predicted molar refractivity (Wildman–Crippen MR) is 78.4 cm³/mol. The first-order chi connectivity index (χ1) is 9.67. The fraction of sp³-hybridized carbons (Fsp3) is 0.714. The van der Waals surface area contributed by atoms with Gasteiger partial charge in [0.15, 0.2) is 0 Å². The number of urea groups is 1. The monoisotopic (exact) mass is 296 g/mol. The van der Waals surface area contributed by atoms with Crippen LogP contribution in [0.3, 0.4) is 0 Å². The van der Waals surface area contributed by atoms with Gasteiger partial charge in [0.05, 0.1) is 25.7 Å². The number of nitrogens with zero attached hydrogens (tertiary/aromatic N) is 1. The van der Waals surface area contributed by atoms with Crippen LogP contribution in [-0.4, -0.2) is 53.6 Å². The van der Waals surface area contributed by atoms with E-state index in [2.05, 4.69) is 16.0 Å². The summed E-state index contributed by atoms with van der Waals surface area (Å²) in [5.74, 6) is 3.34. The lowest BCUT2D eigenvalue weighted by molar-refractivity contribution is -0.140. The summed E-state index contributed by atoms with van der Waals surface area (Å²) in [6, 6.07) is 0.367. The lowest BCUT2D eigenvalue weighted by atomic mass is 10.0. The van der Waals surface area contributed by atoms with Crippen molar-refractivity contribution in [2.45, 2.75) is 43.0 Å². The number of methoxy groups -OCH3 is 1. The van der Waals surface area contributed by atoms with Crippen LogP contribution in [0.5, 0.6) is 0 Å². The Morgan fingerprint density at radius 1 is 1.60 bits per heavy atom. The molecular weight excluding hydrogens is 276 g/mol. The van der Waals surface area contributed by atoms with Crippen LogP contribution in [0.1, 0.15) is 25.7 Å². The molecule has 0 spiro atoms. The van der Waals surface area contributed by atoms with Crippen molar-refractivity contribution in [3.63, 3.8) is 0 Å². The highest BCUT2D eigenvalue weighted by Gasteiger charge is 2.47. The van der Waals surface area contributed by atoms with E-state index in [1.807, 2.05) is 11.8 Å². The summed E-state index contributed by atoms with van der Waals surface area (Å²) in [5, 5.41) is 3.40. The minimum Gasteiger partial charge on any atom is -0.469 e. The van der Waals surface area contributed by atoms with Crippen molar-refractivity contribution in [2.24, 2.45) is 0 Å². The topological polar surface area (TPSA) is 58.6 Å². The molecule has 2 fully saturated rings. The van der Waals surface area contributed by atoms with Crippen molar-refractivity contribution in [3.05, 3.63) is 0 Å². The predicted octanol–water partition coefficient (Wildman–Crippen LogP) is 1.23. The maximum Gasteiger partial charge on any atom is 0.318 e. The second-order valence-corrected chi connectivity index (χ2v) is 6.34. The second kappa shape index (κ2) is 6.89. The standard InChI is InChI=1S/C14H20N2O3S/c1-3-8-16-13-10(15-14(16)18)9-20-11(13)6-4-5-7-12(17)19-2/h1,10-11,13H,4-9H2,2H3,(H,15,18). The Morgan fingerprint density at radius 3 is 3.10 bits per heavy atom. The summed E-state index contributed by atoms with van der Waals surface area (Å²) < 4.78 is 4.63. The highest BCUT2D eigenvalue weighted by molar-refractivity contribution is 8.00. The van der Waals surface area contributed by atoms with Crippen molar-refractivity contribution in [3.8, 4) is 12.3 Å². The smallest absolute Gasteiger partial charge is 0.318 e. The Labute approximate surface area is 123 Å². The molecule has 2 amide bonds. The average Bonchev–Trinajstić information content (AvgIpc) is 2.96. The number of fused-ring (bicyclic) bond motifs is 1. The molecule has 3 atom stereocenters. The molecule has 0 radical (unpaired) electrons. The Balaban J connectivity index is 1.82. The Kier molecular flexibility index (Phi) is 5.18. The number of carbonyl (C=O) groups is 2. The normalized spacial score (nSPS) is 27.9. The van der Waals surface area contributed by atoms with E-state index in [0.717, 1.165) is 25.0 Å². The number of carbonyl (C=O) groups excluding carboxylic acids is 2. The molecule has 0 aliphatic carbocycles. The number of amides is 2. The van der Waals surface area contributed by atoms with E-state index in [1.54, 1.807) is 4.90 Å². The van der Waals surface area contributed by atoms with Crippen LogP contribution >= 0.6 is 11.8 Å². The third-order valence-corrected chi connectivity index (χ3v) is 5.32. The summed E-state index contributed by atoms with van der Waals surface area (Å²) >= 11 is 1.89. The molecule has 2 rings (SSSR count). The van der Waals surface area contributed by atoms with Gasteiger partial charge in [-0.15, -0.1) is 6.42 Å². The Bertz CT molecular complexity index is 421. The number of hydrogen-bond acceptors (Lipinski definition) is 4. The largest absolute Gasteiger partial charge is 0.469 e. The SMILES string of the molecule is C#CCN1C(=O)NC2CSC(CCCCC(=O)OC)C21. The molecule has 2 saturated heterocycles. The number of ether oxygens (including phenoxy) is 1. The van der Waals surface area contributed by atoms with Crippen LogP contribution in [0.15, 0.2) is 0 Å². The van der Waals surface area contributed by atoms with Crippen LogP contribution in [0.25, 0.3) is 0 Å². The van der Waals surface area contributed by atoms with E-state index in [4.69, 9.17) is 6.42 Å². The number of hydrogen-bond donors (Lipinski definition) is 1. The molecule has 6 heteroatoms. The number of unbranched alkanes of at least 4 members (excludes halogenated alkanes) is 1. The zero-order chi connectivity index (χ0) is 14.5.